The van der Waals surface area contributed by atoms with Gasteiger partial charge in [0.25, 0.3) is 0 Å². The van der Waals surface area contributed by atoms with Gasteiger partial charge in [0.15, 0.2) is 0 Å². The van der Waals surface area contributed by atoms with Gasteiger partial charge in [0.2, 0.25) is 0 Å². The van der Waals surface area contributed by atoms with Gasteiger partial charge in [0, 0.05) is 0 Å². The first kappa shape index (κ1) is 30.2. The van der Waals surface area contributed by atoms with Crippen molar-refractivity contribution >= 4 is 49.4 Å². The second-order valence-corrected chi connectivity index (χ2v) is 45.1. The Hall–Kier alpha value is 1.18. The van der Waals surface area contributed by atoms with Crippen LogP contribution in [0.5, 0.6) is 0 Å². The molecule has 0 amide bonds. The molecule has 0 unspecified atom stereocenters. The summed E-state index contributed by atoms with van der Waals surface area (Å²) >= 11 is 0. The van der Waals surface area contributed by atoms with Crippen molar-refractivity contribution < 1.29 is 0 Å². The third-order valence-corrected chi connectivity index (χ3v) is 28.0. The number of hydrogen-bond acceptors (Lipinski definition) is 3. The lowest BCUT2D eigenvalue weighted by Crippen LogP contribution is -2.89. The van der Waals surface area contributed by atoms with E-state index in [9.17, 15) is 0 Å². The zero-order valence-electron chi connectivity index (χ0n) is 23.8. The third kappa shape index (κ3) is 7.08. The normalized spacial score (nSPS) is 16.3. The molecule has 9 heteroatoms. The molecule has 0 aromatic rings. The lowest BCUT2D eigenvalue weighted by molar-refractivity contribution is 0.0697. The molecule has 0 N–H and O–H groups in total. The molecule has 0 saturated carbocycles. The van der Waals surface area contributed by atoms with E-state index >= 15 is 0 Å². The second kappa shape index (κ2) is 8.51. The molecule has 0 bridgehead atoms. The van der Waals surface area contributed by atoms with Crippen LogP contribution >= 0.6 is 0 Å². The van der Waals surface area contributed by atoms with Crippen LogP contribution in [0, 0.1) is 0 Å². The summed E-state index contributed by atoms with van der Waals surface area (Å²) < 4.78 is 9.50. The van der Waals surface area contributed by atoms with Crippen LogP contribution in [0.15, 0.2) is 0 Å². The predicted molar refractivity (Wildman–Crippen MR) is 154 cm³/mol. The Kier molecular flexibility index (Phi) is 8.86. The summed E-state index contributed by atoms with van der Waals surface area (Å²) in [5, 5.41) is 0. The van der Waals surface area contributed by atoms with Gasteiger partial charge in [-0.25, -0.2) is 0 Å². The fourth-order valence-electron chi connectivity index (χ4n) is 7.13. The molecule has 0 rings (SSSR count). The molecule has 0 heterocycles. The van der Waals surface area contributed by atoms with Gasteiger partial charge in [-0.2, -0.15) is 0 Å². The quantitative estimate of drug-likeness (QED) is 0.235. The van der Waals surface area contributed by atoms with Crippen molar-refractivity contribution in [3.05, 3.63) is 0 Å². The Balaban J connectivity index is 7.70. The molecular weight excluding hydrogens is 451 g/mol. The minimum Gasteiger partial charge on any atom is -0.318 e. The summed E-state index contributed by atoms with van der Waals surface area (Å²) in [6, 6.07) is 0. The van der Waals surface area contributed by atoms with Crippen LogP contribution in [-0.2, 0) is 0 Å². The van der Waals surface area contributed by atoms with Crippen LogP contribution in [-0.4, -0.2) is 67.9 Å². The highest BCUT2D eigenvalue weighted by molar-refractivity contribution is 6.94. The van der Waals surface area contributed by atoms with E-state index in [2.05, 4.69) is 137 Å². The van der Waals surface area contributed by atoms with E-state index < -0.39 is 49.4 Å². The molecule has 0 aliphatic heterocycles. The molecule has 0 spiro atoms. The van der Waals surface area contributed by atoms with Crippen LogP contribution in [0.4, 0.5) is 0 Å². The van der Waals surface area contributed by atoms with E-state index in [0.29, 0.717) is 0 Å². The van der Waals surface area contributed by atoms with Crippen molar-refractivity contribution in [3.63, 3.8) is 0 Å². The minimum atomic E-state index is -1.60. The largest absolute Gasteiger partial charge is 0.318 e. The topological polar surface area (TPSA) is 9.72 Å². The molecule has 0 aliphatic carbocycles. The van der Waals surface area contributed by atoms with E-state index in [0.717, 1.165) is 0 Å². The van der Waals surface area contributed by atoms with Crippen LogP contribution in [0.25, 0.3) is 0 Å². The molecule has 0 aromatic heterocycles. The summed E-state index contributed by atoms with van der Waals surface area (Å²) in [5.74, 6) is 0.0266. The molecule has 0 fully saturated rings. The predicted octanol–water partition coefficient (Wildman–Crippen LogP) is 7.58. The van der Waals surface area contributed by atoms with E-state index in [4.69, 9.17) is 0 Å². The highest BCUT2D eigenvalue weighted by Crippen LogP contribution is 2.45. The molecular formula is C20H57N3Si6. The zero-order chi connectivity index (χ0) is 24.2. The van der Waals surface area contributed by atoms with Gasteiger partial charge in [0.05, 0.1) is 5.79 Å². The van der Waals surface area contributed by atoms with Crippen molar-refractivity contribution in [3.8, 4) is 0 Å². The number of hydrogen-bond donors (Lipinski definition) is 0. The lowest BCUT2D eigenvalue weighted by Gasteiger charge is -2.72. The maximum absolute atomic E-state index is 3.17. The van der Waals surface area contributed by atoms with Gasteiger partial charge in [-0.1, -0.05) is 118 Å². The number of nitrogens with zero attached hydrogens (tertiary/aromatic N) is 3. The summed E-state index contributed by atoms with van der Waals surface area (Å²) in [6.07, 6.45) is 0. The summed E-state index contributed by atoms with van der Waals surface area (Å²) in [6.45, 7) is 49.5. The van der Waals surface area contributed by atoms with Crippen molar-refractivity contribution in [1.82, 2.24) is 12.7 Å². The molecule has 0 radical (unpaired) electrons. The molecule has 29 heavy (non-hydrogen) atoms. The van der Waals surface area contributed by atoms with Crippen LogP contribution < -0.4 is 0 Å². The maximum atomic E-state index is 3.17. The standard InChI is InChI=1S/C20H57N3Si6/c1-20(21(24(2,3)4)25(5,6)7,22(26(8,9)10)27(11,12)13)23(28(14,15)16)29(17,18)19/h1-19H3. The Morgan fingerprint density at radius 2 is 0.414 bits per heavy atom. The summed E-state index contributed by atoms with van der Waals surface area (Å²) in [7, 11) is -9.59. The van der Waals surface area contributed by atoms with Gasteiger partial charge in [-0.05, 0) is 6.92 Å². The van der Waals surface area contributed by atoms with E-state index in [1.807, 2.05) is 0 Å². The number of rotatable bonds is 9. The van der Waals surface area contributed by atoms with E-state index in [-0.39, 0.29) is 5.79 Å². The first-order chi connectivity index (χ1) is 12.1. The van der Waals surface area contributed by atoms with Gasteiger partial charge < -0.3 is 12.7 Å². The van der Waals surface area contributed by atoms with Gasteiger partial charge >= 0.3 is 0 Å². The molecule has 0 saturated heterocycles. The Morgan fingerprint density at radius 1 is 0.310 bits per heavy atom. The smallest absolute Gasteiger partial charge is 0.115 e. The molecule has 0 aromatic carbocycles. The van der Waals surface area contributed by atoms with Crippen molar-refractivity contribution in [2.75, 3.05) is 0 Å². The Bertz CT molecular complexity index is 433. The van der Waals surface area contributed by atoms with Crippen LogP contribution in [0.1, 0.15) is 6.92 Å². The Morgan fingerprint density at radius 3 is 0.483 bits per heavy atom. The van der Waals surface area contributed by atoms with Gasteiger partial charge in [-0.3, -0.25) is 0 Å². The summed E-state index contributed by atoms with van der Waals surface area (Å²) in [4.78, 5) is 0. The molecule has 0 aliphatic rings. The highest BCUT2D eigenvalue weighted by Gasteiger charge is 2.61. The third-order valence-electron chi connectivity index (χ3n) is 5.30. The average molecular weight is 508 g/mol. The fourth-order valence-corrected chi connectivity index (χ4v) is 41.3. The van der Waals surface area contributed by atoms with Crippen molar-refractivity contribution in [2.45, 2.75) is 131 Å². The lowest BCUT2D eigenvalue weighted by atomic mass is 10.5. The minimum absolute atomic E-state index is 0.0266. The highest BCUT2D eigenvalue weighted by atomic mass is 28.4. The van der Waals surface area contributed by atoms with E-state index in [1.54, 1.807) is 0 Å². The van der Waals surface area contributed by atoms with Crippen LogP contribution in [0.2, 0.25) is 118 Å². The average Bonchev–Trinajstić information content (AvgIpc) is 2.11. The summed E-state index contributed by atoms with van der Waals surface area (Å²) in [5.41, 5.74) is 0. The molecule has 0 atom stereocenters. The van der Waals surface area contributed by atoms with Crippen LogP contribution in [0.3, 0.4) is 0 Å². The molecule has 176 valence electrons. The molecule has 3 nitrogen and oxygen atoms in total. The monoisotopic (exact) mass is 507 g/mol. The maximum Gasteiger partial charge on any atom is 0.115 e. The van der Waals surface area contributed by atoms with Gasteiger partial charge in [0.1, 0.15) is 49.4 Å². The first-order valence-corrected chi connectivity index (χ1v) is 32.2. The van der Waals surface area contributed by atoms with Crippen molar-refractivity contribution in [2.24, 2.45) is 0 Å². The SMILES string of the molecule is CC(N([Si](C)(C)C)[Si](C)(C)C)(N([Si](C)(C)C)[Si](C)(C)C)N([Si](C)(C)C)[Si](C)(C)C. The van der Waals surface area contributed by atoms with Crippen molar-refractivity contribution in [1.29, 1.82) is 0 Å². The Labute approximate surface area is 192 Å². The van der Waals surface area contributed by atoms with Gasteiger partial charge in [-0.15, -0.1) is 0 Å². The van der Waals surface area contributed by atoms with E-state index in [1.165, 1.54) is 0 Å². The first-order valence-electron chi connectivity index (χ1n) is 11.5. The fraction of sp³-hybridized carbons (Fsp3) is 1.00. The second-order valence-electron chi connectivity index (χ2n) is 15.0. The zero-order valence-corrected chi connectivity index (χ0v) is 29.8.